The lowest BCUT2D eigenvalue weighted by Gasteiger charge is -2.32. The van der Waals surface area contributed by atoms with Gasteiger partial charge in [-0.05, 0) is 94.1 Å². The number of aromatic nitrogens is 1. The molecule has 0 saturated carbocycles. The number of benzene rings is 2. The first-order valence-electron chi connectivity index (χ1n) is 12.1. The number of carbonyl (C=O) groups is 1. The Labute approximate surface area is 197 Å². The van der Waals surface area contributed by atoms with Crippen molar-refractivity contribution in [1.82, 2.24) is 9.88 Å². The quantitative estimate of drug-likeness (QED) is 0.475. The van der Waals surface area contributed by atoms with Gasteiger partial charge in [0.15, 0.2) is 0 Å². The number of hydrogen-bond donors (Lipinski definition) is 0. The maximum absolute atomic E-state index is 11.9. The zero-order valence-corrected chi connectivity index (χ0v) is 20.1. The van der Waals surface area contributed by atoms with E-state index in [1.54, 1.807) is 6.92 Å². The number of carbonyl (C=O) groups excluding carboxylic acids is 1. The second kappa shape index (κ2) is 10.8. The Bertz CT molecular complexity index is 1090. The van der Waals surface area contributed by atoms with Gasteiger partial charge in [0.25, 0.3) is 0 Å². The van der Waals surface area contributed by atoms with Crippen molar-refractivity contribution in [2.45, 2.75) is 40.0 Å². The van der Waals surface area contributed by atoms with Gasteiger partial charge in [0.05, 0.1) is 5.52 Å². The van der Waals surface area contributed by atoms with E-state index in [0.29, 0.717) is 19.1 Å². The highest BCUT2D eigenvalue weighted by Gasteiger charge is 2.20. The predicted molar refractivity (Wildman–Crippen MR) is 135 cm³/mol. The van der Waals surface area contributed by atoms with Crippen LogP contribution in [0.15, 0.2) is 54.6 Å². The largest absolute Gasteiger partial charge is 0.492 e. The summed E-state index contributed by atoms with van der Waals surface area (Å²) in [5.74, 6) is 1.71. The van der Waals surface area contributed by atoms with Crippen LogP contribution >= 0.6 is 0 Å². The lowest BCUT2D eigenvalue weighted by Crippen LogP contribution is -2.37. The van der Waals surface area contributed by atoms with E-state index in [9.17, 15) is 4.79 Å². The Hall–Kier alpha value is -2.92. The third-order valence-electron chi connectivity index (χ3n) is 6.65. The molecule has 2 heterocycles. The number of rotatable bonds is 8. The minimum Gasteiger partial charge on any atom is -0.492 e. The Balaban J connectivity index is 1.25. The zero-order chi connectivity index (χ0) is 23.2. The van der Waals surface area contributed by atoms with Crippen LogP contribution in [0.5, 0.6) is 5.75 Å². The van der Waals surface area contributed by atoms with E-state index in [2.05, 4.69) is 34.1 Å². The summed E-state index contributed by atoms with van der Waals surface area (Å²) < 4.78 is 6.14. The monoisotopic (exact) mass is 445 g/mol. The van der Waals surface area contributed by atoms with Crippen LogP contribution in [0.3, 0.4) is 0 Å². The third-order valence-corrected chi connectivity index (χ3v) is 6.65. The summed E-state index contributed by atoms with van der Waals surface area (Å²) in [6.07, 6.45) is 3.48. The number of amides is 1. The lowest BCUT2D eigenvalue weighted by molar-refractivity contribution is -0.116. The number of fused-ring (bicyclic) bond motifs is 1. The number of hydrogen-bond acceptors (Lipinski definition) is 4. The van der Waals surface area contributed by atoms with Gasteiger partial charge >= 0.3 is 0 Å². The van der Waals surface area contributed by atoms with Crippen LogP contribution < -0.4 is 9.64 Å². The molecule has 1 aliphatic heterocycles. The molecular formula is C28H35N3O2. The summed E-state index contributed by atoms with van der Waals surface area (Å²) >= 11 is 0. The summed E-state index contributed by atoms with van der Waals surface area (Å²) in [6, 6.07) is 18.7. The highest BCUT2D eigenvalue weighted by molar-refractivity contribution is 5.91. The van der Waals surface area contributed by atoms with Gasteiger partial charge in [-0.3, -0.25) is 14.7 Å². The summed E-state index contributed by atoms with van der Waals surface area (Å²) in [4.78, 5) is 20.8. The summed E-state index contributed by atoms with van der Waals surface area (Å²) in [5, 5.41) is 1.08. The van der Waals surface area contributed by atoms with E-state index in [4.69, 9.17) is 4.74 Å². The average Bonchev–Trinajstić information content (AvgIpc) is 2.80. The molecule has 1 amide bonds. The molecule has 2 aromatic carbocycles. The van der Waals surface area contributed by atoms with Crippen molar-refractivity contribution < 1.29 is 9.53 Å². The summed E-state index contributed by atoms with van der Waals surface area (Å²) in [5.41, 5.74) is 4.35. The van der Waals surface area contributed by atoms with Crippen molar-refractivity contribution in [3.8, 4) is 5.75 Å². The minimum absolute atomic E-state index is 0.0973. The fourth-order valence-electron chi connectivity index (χ4n) is 4.83. The van der Waals surface area contributed by atoms with Crippen LogP contribution in [0.1, 0.15) is 37.9 Å². The lowest BCUT2D eigenvalue weighted by atomic mass is 9.90. The van der Waals surface area contributed by atoms with E-state index in [1.165, 1.54) is 18.4 Å². The molecule has 0 spiro atoms. The Morgan fingerprint density at radius 1 is 1.12 bits per heavy atom. The van der Waals surface area contributed by atoms with Gasteiger partial charge in [-0.15, -0.1) is 0 Å². The van der Waals surface area contributed by atoms with E-state index in [0.717, 1.165) is 54.1 Å². The highest BCUT2D eigenvalue weighted by Crippen LogP contribution is 2.26. The molecule has 1 aromatic heterocycles. The molecule has 0 unspecified atom stereocenters. The summed E-state index contributed by atoms with van der Waals surface area (Å²) in [7, 11) is 0. The molecule has 5 heteroatoms. The minimum atomic E-state index is 0.0973. The molecule has 1 saturated heterocycles. The van der Waals surface area contributed by atoms with Crippen molar-refractivity contribution in [3.63, 3.8) is 0 Å². The van der Waals surface area contributed by atoms with Gasteiger partial charge in [-0.2, -0.15) is 0 Å². The normalized spacial score (nSPS) is 15.0. The number of ether oxygens (including phenoxy) is 1. The van der Waals surface area contributed by atoms with E-state index in [-0.39, 0.29) is 5.91 Å². The maximum atomic E-state index is 11.9. The van der Waals surface area contributed by atoms with E-state index < -0.39 is 0 Å². The van der Waals surface area contributed by atoms with Gasteiger partial charge < -0.3 is 9.64 Å². The summed E-state index contributed by atoms with van der Waals surface area (Å²) in [6.45, 7) is 10.2. The van der Waals surface area contributed by atoms with Crippen molar-refractivity contribution in [3.05, 3.63) is 65.9 Å². The molecule has 4 rings (SSSR count). The zero-order valence-electron chi connectivity index (χ0n) is 20.1. The van der Waals surface area contributed by atoms with Gasteiger partial charge in [0.1, 0.15) is 12.4 Å². The van der Waals surface area contributed by atoms with Gasteiger partial charge in [0, 0.05) is 36.8 Å². The van der Waals surface area contributed by atoms with E-state index >= 15 is 0 Å². The molecule has 1 fully saturated rings. The average molecular weight is 446 g/mol. The topological polar surface area (TPSA) is 45.7 Å². The van der Waals surface area contributed by atoms with Crippen LogP contribution in [0.2, 0.25) is 0 Å². The Kier molecular flexibility index (Phi) is 7.61. The molecule has 174 valence electrons. The number of anilines is 1. The molecular weight excluding hydrogens is 410 g/mol. The Morgan fingerprint density at radius 3 is 2.67 bits per heavy atom. The van der Waals surface area contributed by atoms with Gasteiger partial charge in [0.2, 0.25) is 5.91 Å². The van der Waals surface area contributed by atoms with Crippen LogP contribution in [-0.4, -0.2) is 48.6 Å². The first-order valence-corrected chi connectivity index (χ1v) is 12.1. The first-order chi connectivity index (χ1) is 16.0. The van der Waals surface area contributed by atoms with Gasteiger partial charge in [-0.1, -0.05) is 18.2 Å². The second-order valence-corrected chi connectivity index (χ2v) is 9.05. The van der Waals surface area contributed by atoms with Crippen LogP contribution in [0.25, 0.3) is 10.9 Å². The van der Waals surface area contributed by atoms with Gasteiger partial charge in [-0.25, -0.2) is 0 Å². The van der Waals surface area contributed by atoms with Crippen molar-refractivity contribution in [1.29, 1.82) is 0 Å². The fraction of sp³-hybridized carbons (Fsp3) is 0.429. The highest BCUT2D eigenvalue weighted by atomic mass is 16.5. The molecule has 0 radical (unpaired) electrons. The van der Waals surface area contributed by atoms with Crippen molar-refractivity contribution in [2.24, 2.45) is 5.92 Å². The number of pyridine rings is 1. The molecule has 1 aliphatic rings. The Morgan fingerprint density at radius 2 is 1.91 bits per heavy atom. The molecule has 3 aromatic rings. The molecule has 0 bridgehead atoms. The third kappa shape index (κ3) is 5.91. The second-order valence-electron chi connectivity index (χ2n) is 9.05. The van der Waals surface area contributed by atoms with Crippen molar-refractivity contribution in [2.75, 3.05) is 37.7 Å². The predicted octanol–water partition coefficient (Wildman–Crippen LogP) is 5.25. The number of aryl methyl sites for hydroxylation is 1. The molecule has 0 atom stereocenters. The van der Waals surface area contributed by atoms with Crippen LogP contribution in [-0.2, 0) is 11.2 Å². The molecule has 33 heavy (non-hydrogen) atoms. The fourth-order valence-corrected chi connectivity index (χ4v) is 4.83. The number of piperidine rings is 1. The number of nitrogens with zero attached hydrogens (tertiary/aromatic N) is 3. The maximum Gasteiger partial charge on any atom is 0.223 e. The first kappa shape index (κ1) is 23.2. The van der Waals surface area contributed by atoms with Crippen LogP contribution in [0, 0.1) is 12.8 Å². The molecule has 0 N–H and O–H groups in total. The van der Waals surface area contributed by atoms with Crippen molar-refractivity contribution >= 4 is 22.5 Å². The number of likely N-dealkylation sites (tertiary alicyclic amines) is 1. The standard InChI is InChI=1S/C28H35N3O2/c1-4-31(22(3)32)25-8-5-7-24(20-25)19-23-13-15-30(16-14-23)17-18-33-28-10-6-9-27-26(28)12-11-21(2)29-27/h5-12,20,23H,4,13-19H2,1-3H3. The SMILES string of the molecule is CCN(C(C)=O)c1cccc(CC2CCN(CCOc3cccc4nc(C)ccc34)CC2)c1. The van der Waals surface area contributed by atoms with Crippen LogP contribution in [0.4, 0.5) is 5.69 Å². The molecule has 5 nitrogen and oxygen atoms in total. The van der Waals surface area contributed by atoms with E-state index in [1.807, 2.05) is 49.1 Å². The molecule has 0 aliphatic carbocycles. The smallest absolute Gasteiger partial charge is 0.223 e.